The molecule has 1 unspecified atom stereocenters. The molecule has 132 valence electrons. The van der Waals surface area contributed by atoms with Gasteiger partial charge in [0.15, 0.2) is 0 Å². The van der Waals surface area contributed by atoms with Crippen molar-refractivity contribution in [2.24, 2.45) is 0 Å². The van der Waals surface area contributed by atoms with E-state index < -0.39 is 0 Å². The number of nitrogens with zero attached hydrogens (tertiary/aromatic N) is 2. The standard InChI is InChI=1S/C21H21N3O2/c1-15-20(13-23-24(15)18-9-3-2-4-10-18)21(25)22-12-19-11-16-7-5-6-8-17(16)14-26-19/h2-10,13,19H,11-12,14H2,1H3,(H,22,25). The van der Waals surface area contributed by atoms with E-state index in [1.54, 1.807) is 10.9 Å². The summed E-state index contributed by atoms with van der Waals surface area (Å²) < 4.78 is 7.64. The van der Waals surface area contributed by atoms with Gasteiger partial charge in [0.25, 0.3) is 5.91 Å². The van der Waals surface area contributed by atoms with Gasteiger partial charge in [0.05, 0.1) is 35.9 Å². The molecule has 0 fully saturated rings. The molecule has 1 amide bonds. The number of para-hydroxylation sites is 1. The number of hydrogen-bond donors (Lipinski definition) is 1. The van der Waals surface area contributed by atoms with Crippen LogP contribution < -0.4 is 5.32 Å². The molecule has 5 nitrogen and oxygen atoms in total. The van der Waals surface area contributed by atoms with Gasteiger partial charge in [-0.05, 0) is 30.2 Å². The van der Waals surface area contributed by atoms with Gasteiger partial charge in [0.2, 0.25) is 0 Å². The molecule has 3 aromatic rings. The van der Waals surface area contributed by atoms with Gasteiger partial charge in [-0.3, -0.25) is 4.79 Å². The van der Waals surface area contributed by atoms with E-state index in [2.05, 4.69) is 22.5 Å². The third kappa shape index (κ3) is 3.26. The molecule has 26 heavy (non-hydrogen) atoms. The van der Waals surface area contributed by atoms with Crippen LogP contribution in [0.5, 0.6) is 0 Å². The van der Waals surface area contributed by atoms with Crippen LogP contribution in [-0.4, -0.2) is 28.3 Å². The van der Waals surface area contributed by atoms with Crippen LogP contribution >= 0.6 is 0 Å². The van der Waals surface area contributed by atoms with E-state index in [1.807, 2.05) is 49.4 Å². The van der Waals surface area contributed by atoms with Gasteiger partial charge in [-0.1, -0.05) is 42.5 Å². The molecule has 1 aliphatic rings. The number of aromatic nitrogens is 2. The Morgan fingerprint density at radius 2 is 1.88 bits per heavy atom. The molecule has 0 spiro atoms. The summed E-state index contributed by atoms with van der Waals surface area (Å²) in [5.41, 5.74) is 4.88. The SMILES string of the molecule is Cc1c(C(=O)NCC2Cc3ccccc3CO2)cnn1-c1ccccc1. The summed E-state index contributed by atoms with van der Waals surface area (Å²) in [4.78, 5) is 12.6. The average molecular weight is 347 g/mol. The second-order valence-electron chi connectivity index (χ2n) is 6.51. The summed E-state index contributed by atoms with van der Waals surface area (Å²) in [5.74, 6) is -0.118. The maximum atomic E-state index is 12.6. The third-order valence-electron chi connectivity index (χ3n) is 4.79. The van der Waals surface area contributed by atoms with Crippen molar-refractivity contribution in [2.45, 2.75) is 26.1 Å². The number of amides is 1. The molecule has 5 heteroatoms. The summed E-state index contributed by atoms with van der Waals surface area (Å²) >= 11 is 0. The zero-order valence-corrected chi connectivity index (χ0v) is 14.7. The molecular weight excluding hydrogens is 326 g/mol. The maximum absolute atomic E-state index is 12.6. The van der Waals surface area contributed by atoms with Crippen molar-refractivity contribution in [3.05, 3.63) is 83.2 Å². The average Bonchev–Trinajstić information content (AvgIpc) is 3.08. The number of rotatable bonds is 4. The van der Waals surface area contributed by atoms with E-state index in [4.69, 9.17) is 4.74 Å². The predicted octanol–water partition coefficient (Wildman–Crippen LogP) is 3.05. The smallest absolute Gasteiger partial charge is 0.254 e. The van der Waals surface area contributed by atoms with Gasteiger partial charge in [-0.25, -0.2) is 4.68 Å². The Balaban J connectivity index is 1.41. The number of ether oxygens (including phenoxy) is 1. The highest BCUT2D eigenvalue weighted by molar-refractivity contribution is 5.95. The quantitative estimate of drug-likeness (QED) is 0.789. The highest BCUT2D eigenvalue weighted by Crippen LogP contribution is 2.20. The van der Waals surface area contributed by atoms with Gasteiger partial charge < -0.3 is 10.1 Å². The van der Waals surface area contributed by atoms with Crippen molar-refractivity contribution >= 4 is 5.91 Å². The molecule has 2 heterocycles. The minimum absolute atomic E-state index is 0.00155. The van der Waals surface area contributed by atoms with Crippen molar-refractivity contribution in [1.82, 2.24) is 15.1 Å². The number of benzene rings is 2. The Kier molecular flexibility index (Phi) is 4.54. The molecule has 0 aliphatic carbocycles. The fourth-order valence-corrected chi connectivity index (χ4v) is 3.30. The molecule has 0 radical (unpaired) electrons. The zero-order valence-electron chi connectivity index (χ0n) is 14.7. The highest BCUT2D eigenvalue weighted by Gasteiger charge is 2.21. The van der Waals surface area contributed by atoms with Crippen LogP contribution in [0.1, 0.15) is 27.2 Å². The van der Waals surface area contributed by atoms with Gasteiger partial charge in [-0.15, -0.1) is 0 Å². The summed E-state index contributed by atoms with van der Waals surface area (Å²) in [7, 11) is 0. The second kappa shape index (κ2) is 7.14. The van der Waals surface area contributed by atoms with Crippen molar-refractivity contribution in [3.8, 4) is 5.69 Å². The normalized spacial score (nSPS) is 16.1. The Morgan fingerprint density at radius 3 is 2.69 bits per heavy atom. The number of carbonyl (C=O) groups is 1. The Bertz CT molecular complexity index is 918. The van der Waals surface area contributed by atoms with Crippen molar-refractivity contribution < 1.29 is 9.53 Å². The lowest BCUT2D eigenvalue weighted by Crippen LogP contribution is -2.36. The van der Waals surface area contributed by atoms with Crippen molar-refractivity contribution in [2.75, 3.05) is 6.54 Å². The fourth-order valence-electron chi connectivity index (χ4n) is 3.30. The minimum Gasteiger partial charge on any atom is -0.371 e. The first kappa shape index (κ1) is 16.5. The number of fused-ring (bicyclic) bond motifs is 1. The van der Waals surface area contributed by atoms with Crippen LogP contribution in [0.2, 0.25) is 0 Å². The molecule has 1 atom stereocenters. The van der Waals surface area contributed by atoms with Gasteiger partial charge in [0, 0.05) is 13.0 Å². The molecule has 1 N–H and O–H groups in total. The molecule has 0 saturated heterocycles. The number of nitrogens with one attached hydrogen (secondary N) is 1. The van der Waals surface area contributed by atoms with Gasteiger partial charge >= 0.3 is 0 Å². The molecule has 2 aromatic carbocycles. The summed E-state index contributed by atoms with van der Waals surface area (Å²) in [6, 6.07) is 18.1. The van der Waals surface area contributed by atoms with E-state index in [0.717, 1.165) is 17.8 Å². The van der Waals surface area contributed by atoms with E-state index in [-0.39, 0.29) is 12.0 Å². The van der Waals surface area contributed by atoms with Crippen LogP contribution in [0, 0.1) is 6.92 Å². The van der Waals surface area contributed by atoms with Crippen LogP contribution in [0.25, 0.3) is 5.69 Å². The molecule has 0 saturated carbocycles. The summed E-state index contributed by atoms with van der Waals surface area (Å²) in [6.45, 7) is 2.99. The molecule has 4 rings (SSSR count). The number of carbonyl (C=O) groups excluding carboxylic acids is 1. The van der Waals surface area contributed by atoms with Crippen LogP contribution in [0.3, 0.4) is 0 Å². The largest absolute Gasteiger partial charge is 0.371 e. The Labute approximate surface area is 152 Å². The Hall–Kier alpha value is -2.92. The number of hydrogen-bond acceptors (Lipinski definition) is 3. The zero-order chi connectivity index (χ0) is 17.9. The second-order valence-corrected chi connectivity index (χ2v) is 6.51. The van der Waals surface area contributed by atoms with Crippen molar-refractivity contribution in [3.63, 3.8) is 0 Å². The fraction of sp³-hybridized carbons (Fsp3) is 0.238. The summed E-state index contributed by atoms with van der Waals surface area (Å²) in [5, 5.41) is 7.34. The molecular formula is C21H21N3O2. The van der Waals surface area contributed by atoms with Crippen LogP contribution in [0.4, 0.5) is 0 Å². The van der Waals surface area contributed by atoms with Gasteiger partial charge in [-0.2, -0.15) is 5.10 Å². The van der Waals surface area contributed by atoms with E-state index >= 15 is 0 Å². The first-order valence-electron chi connectivity index (χ1n) is 8.79. The van der Waals surface area contributed by atoms with Crippen molar-refractivity contribution in [1.29, 1.82) is 0 Å². The predicted molar refractivity (Wildman–Crippen MR) is 99.4 cm³/mol. The molecule has 0 bridgehead atoms. The first-order valence-corrected chi connectivity index (χ1v) is 8.79. The lowest BCUT2D eigenvalue weighted by atomic mass is 9.99. The minimum atomic E-state index is -0.118. The van der Waals surface area contributed by atoms with E-state index in [9.17, 15) is 4.79 Å². The molecule has 1 aromatic heterocycles. The van der Waals surface area contributed by atoms with Gasteiger partial charge in [0.1, 0.15) is 0 Å². The van der Waals surface area contributed by atoms with Crippen LogP contribution in [0.15, 0.2) is 60.8 Å². The van der Waals surface area contributed by atoms with E-state index in [1.165, 1.54) is 11.1 Å². The first-order chi connectivity index (χ1) is 12.7. The van der Waals surface area contributed by atoms with E-state index in [0.29, 0.717) is 18.7 Å². The molecule has 1 aliphatic heterocycles. The topological polar surface area (TPSA) is 56.1 Å². The third-order valence-corrected chi connectivity index (χ3v) is 4.79. The Morgan fingerprint density at radius 1 is 1.15 bits per heavy atom. The highest BCUT2D eigenvalue weighted by atomic mass is 16.5. The van der Waals surface area contributed by atoms with Crippen LogP contribution in [-0.2, 0) is 17.8 Å². The summed E-state index contributed by atoms with van der Waals surface area (Å²) in [6.07, 6.45) is 2.44. The maximum Gasteiger partial charge on any atom is 0.254 e. The lowest BCUT2D eigenvalue weighted by Gasteiger charge is -2.25. The monoisotopic (exact) mass is 347 g/mol. The lowest BCUT2D eigenvalue weighted by molar-refractivity contribution is 0.0285.